The van der Waals surface area contributed by atoms with Crippen LogP contribution in [0.4, 0.5) is 0 Å². The summed E-state index contributed by atoms with van der Waals surface area (Å²) in [5, 5.41) is 6.24. The quantitative estimate of drug-likeness (QED) is 0.525. The van der Waals surface area contributed by atoms with E-state index in [1.807, 2.05) is 27.7 Å². The standard InChI is InChI=1S/C24H42N2O4/c1-16(2)23(28)18-7-9-19(10-8-18)25-22(27)6-5-15-30-21-13-11-20(12-14-21)26-24(29)17(3)4/h16-21H,5-15H2,1-4H3,(H,25,27)(H,26,29)/t18-,19-,20-,21-. The van der Waals surface area contributed by atoms with Gasteiger partial charge in [-0.25, -0.2) is 0 Å². The summed E-state index contributed by atoms with van der Waals surface area (Å²) < 4.78 is 5.96. The van der Waals surface area contributed by atoms with Crippen LogP contribution >= 0.6 is 0 Å². The third kappa shape index (κ3) is 8.37. The van der Waals surface area contributed by atoms with Crippen molar-refractivity contribution >= 4 is 17.6 Å². The molecule has 6 heteroatoms. The van der Waals surface area contributed by atoms with Gasteiger partial charge in [-0.15, -0.1) is 0 Å². The zero-order valence-corrected chi connectivity index (χ0v) is 19.4. The van der Waals surface area contributed by atoms with E-state index in [0.717, 1.165) is 57.8 Å². The summed E-state index contributed by atoms with van der Waals surface area (Å²) in [4.78, 5) is 36.1. The van der Waals surface area contributed by atoms with E-state index in [1.165, 1.54) is 0 Å². The fourth-order valence-electron chi connectivity index (χ4n) is 4.52. The molecule has 2 aliphatic carbocycles. The van der Waals surface area contributed by atoms with Crippen molar-refractivity contribution in [2.45, 2.75) is 110 Å². The summed E-state index contributed by atoms with van der Waals surface area (Å²) in [5.41, 5.74) is 0. The molecule has 2 aliphatic rings. The number of hydrogen-bond acceptors (Lipinski definition) is 4. The van der Waals surface area contributed by atoms with Gasteiger partial charge in [-0.05, 0) is 57.8 Å². The lowest BCUT2D eigenvalue weighted by atomic mass is 9.80. The van der Waals surface area contributed by atoms with Gasteiger partial charge in [0.2, 0.25) is 11.8 Å². The molecular formula is C24H42N2O4. The molecule has 2 rings (SSSR count). The van der Waals surface area contributed by atoms with Crippen molar-refractivity contribution in [1.82, 2.24) is 10.6 Å². The van der Waals surface area contributed by atoms with Crippen LogP contribution in [0.25, 0.3) is 0 Å². The van der Waals surface area contributed by atoms with E-state index in [0.29, 0.717) is 18.8 Å². The van der Waals surface area contributed by atoms with Crippen LogP contribution in [0.15, 0.2) is 0 Å². The average molecular weight is 423 g/mol. The number of amides is 2. The molecule has 0 heterocycles. The third-order valence-corrected chi connectivity index (χ3v) is 6.51. The van der Waals surface area contributed by atoms with E-state index in [-0.39, 0.29) is 47.8 Å². The van der Waals surface area contributed by atoms with Gasteiger partial charge in [0.15, 0.2) is 0 Å². The predicted octanol–water partition coefficient (Wildman–Crippen LogP) is 3.77. The highest BCUT2D eigenvalue weighted by atomic mass is 16.5. The lowest BCUT2D eigenvalue weighted by Crippen LogP contribution is -2.41. The van der Waals surface area contributed by atoms with Crippen molar-refractivity contribution in [3.05, 3.63) is 0 Å². The summed E-state index contributed by atoms with van der Waals surface area (Å²) in [6.45, 7) is 8.37. The van der Waals surface area contributed by atoms with E-state index in [9.17, 15) is 14.4 Å². The zero-order valence-electron chi connectivity index (χ0n) is 19.4. The van der Waals surface area contributed by atoms with Crippen molar-refractivity contribution in [3.63, 3.8) is 0 Å². The molecule has 2 saturated carbocycles. The van der Waals surface area contributed by atoms with Crippen LogP contribution in [0.3, 0.4) is 0 Å². The molecule has 6 nitrogen and oxygen atoms in total. The molecule has 0 spiro atoms. The molecule has 2 fully saturated rings. The molecule has 0 aliphatic heterocycles. The fraction of sp³-hybridized carbons (Fsp3) is 0.875. The molecule has 0 bridgehead atoms. The van der Waals surface area contributed by atoms with Crippen molar-refractivity contribution in [2.75, 3.05) is 6.61 Å². The lowest BCUT2D eigenvalue weighted by molar-refractivity contribution is -0.127. The first kappa shape index (κ1) is 24.8. The Balaban J connectivity index is 1.52. The van der Waals surface area contributed by atoms with Gasteiger partial charge in [0.05, 0.1) is 6.10 Å². The number of hydrogen-bond donors (Lipinski definition) is 2. The summed E-state index contributed by atoms with van der Waals surface area (Å²) >= 11 is 0. The van der Waals surface area contributed by atoms with E-state index < -0.39 is 0 Å². The summed E-state index contributed by atoms with van der Waals surface area (Å²) in [5.74, 6) is 0.911. The Morgan fingerprint density at radius 2 is 1.37 bits per heavy atom. The first-order chi connectivity index (χ1) is 14.3. The Morgan fingerprint density at radius 1 is 0.800 bits per heavy atom. The summed E-state index contributed by atoms with van der Waals surface area (Å²) in [7, 11) is 0. The van der Waals surface area contributed by atoms with Gasteiger partial charge >= 0.3 is 0 Å². The molecule has 0 aromatic carbocycles. The van der Waals surface area contributed by atoms with Crippen LogP contribution < -0.4 is 10.6 Å². The van der Waals surface area contributed by atoms with Crippen LogP contribution in [-0.2, 0) is 19.1 Å². The summed E-state index contributed by atoms with van der Waals surface area (Å²) in [6, 6.07) is 0.488. The van der Waals surface area contributed by atoms with Crippen molar-refractivity contribution < 1.29 is 19.1 Å². The topological polar surface area (TPSA) is 84.5 Å². The average Bonchev–Trinajstić information content (AvgIpc) is 2.72. The second kappa shape index (κ2) is 12.4. The Bertz CT molecular complexity index is 560. The fourth-order valence-corrected chi connectivity index (χ4v) is 4.52. The van der Waals surface area contributed by atoms with Crippen molar-refractivity contribution in [2.24, 2.45) is 17.8 Å². The predicted molar refractivity (Wildman–Crippen MR) is 118 cm³/mol. The number of nitrogens with one attached hydrogen (secondary N) is 2. The summed E-state index contributed by atoms with van der Waals surface area (Å²) in [6.07, 6.45) is 8.93. The first-order valence-electron chi connectivity index (χ1n) is 12.0. The molecule has 2 amide bonds. The number of rotatable bonds is 10. The van der Waals surface area contributed by atoms with Crippen LogP contribution in [0.1, 0.15) is 91.9 Å². The number of Topliss-reactive ketones (excluding diaryl/α,β-unsaturated/α-hetero) is 1. The highest BCUT2D eigenvalue weighted by Crippen LogP contribution is 2.27. The molecule has 0 aromatic rings. The van der Waals surface area contributed by atoms with Crippen LogP contribution in [-0.4, -0.2) is 42.4 Å². The third-order valence-electron chi connectivity index (χ3n) is 6.51. The van der Waals surface area contributed by atoms with E-state index in [1.54, 1.807) is 0 Å². The van der Waals surface area contributed by atoms with Gasteiger partial charge in [-0.1, -0.05) is 27.7 Å². The largest absolute Gasteiger partial charge is 0.378 e. The maximum absolute atomic E-state index is 12.2. The minimum absolute atomic E-state index is 0.0303. The van der Waals surface area contributed by atoms with Gasteiger partial charge in [-0.3, -0.25) is 14.4 Å². The second-order valence-electron chi connectivity index (χ2n) is 9.78. The number of carbonyl (C=O) groups is 3. The van der Waals surface area contributed by atoms with Gasteiger partial charge in [-0.2, -0.15) is 0 Å². The van der Waals surface area contributed by atoms with Crippen molar-refractivity contribution in [1.29, 1.82) is 0 Å². The normalized spacial score (nSPS) is 27.1. The minimum atomic E-state index is 0.0303. The van der Waals surface area contributed by atoms with E-state index in [4.69, 9.17) is 4.74 Å². The Kier molecular flexibility index (Phi) is 10.3. The smallest absolute Gasteiger partial charge is 0.222 e. The first-order valence-corrected chi connectivity index (χ1v) is 12.0. The van der Waals surface area contributed by atoms with Crippen LogP contribution in [0, 0.1) is 17.8 Å². The number of carbonyl (C=O) groups excluding carboxylic acids is 3. The Hall–Kier alpha value is -1.43. The Labute approximate surface area is 182 Å². The molecule has 0 saturated heterocycles. The van der Waals surface area contributed by atoms with Crippen molar-refractivity contribution in [3.8, 4) is 0 Å². The van der Waals surface area contributed by atoms with Crippen LogP contribution in [0.2, 0.25) is 0 Å². The maximum Gasteiger partial charge on any atom is 0.222 e. The molecule has 2 N–H and O–H groups in total. The van der Waals surface area contributed by atoms with Gasteiger partial charge < -0.3 is 15.4 Å². The van der Waals surface area contributed by atoms with E-state index >= 15 is 0 Å². The molecule has 0 unspecified atom stereocenters. The number of ketones is 1. The molecular weight excluding hydrogens is 380 g/mol. The lowest BCUT2D eigenvalue weighted by Gasteiger charge is -2.30. The molecule has 0 aromatic heterocycles. The molecule has 30 heavy (non-hydrogen) atoms. The Morgan fingerprint density at radius 3 is 1.93 bits per heavy atom. The monoisotopic (exact) mass is 422 g/mol. The number of ether oxygens (including phenoxy) is 1. The van der Waals surface area contributed by atoms with Crippen LogP contribution in [0.5, 0.6) is 0 Å². The maximum atomic E-state index is 12.2. The minimum Gasteiger partial charge on any atom is -0.378 e. The van der Waals surface area contributed by atoms with Gasteiger partial charge in [0.25, 0.3) is 0 Å². The van der Waals surface area contributed by atoms with Gasteiger partial charge in [0.1, 0.15) is 5.78 Å². The molecule has 0 radical (unpaired) electrons. The molecule has 172 valence electrons. The zero-order chi connectivity index (χ0) is 22.1. The second-order valence-corrected chi connectivity index (χ2v) is 9.78. The highest BCUT2D eigenvalue weighted by molar-refractivity contribution is 5.83. The molecule has 0 atom stereocenters. The van der Waals surface area contributed by atoms with E-state index in [2.05, 4.69) is 10.6 Å². The van der Waals surface area contributed by atoms with Gasteiger partial charge in [0, 0.05) is 42.9 Å². The SMILES string of the molecule is CC(C)C(=O)N[C@H]1CC[C@H](OCCCC(=O)N[C@H]2CC[C@H](C(=O)C(C)C)CC2)CC1. The highest BCUT2D eigenvalue weighted by Gasteiger charge is 2.28.